The fourth-order valence-electron chi connectivity index (χ4n) is 2.73. The summed E-state index contributed by atoms with van der Waals surface area (Å²) in [6.07, 6.45) is 0. The zero-order chi connectivity index (χ0) is 17.9. The van der Waals surface area contributed by atoms with Gasteiger partial charge in [-0.05, 0) is 30.3 Å². The first-order valence-corrected chi connectivity index (χ1v) is 9.08. The largest absolute Gasteiger partial charge is 0.325 e. The van der Waals surface area contributed by atoms with E-state index in [2.05, 4.69) is 16.9 Å². The summed E-state index contributed by atoms with van der Waals surface area (Å²) in [5.41, 5.74) is -0.275. The minimum Gasteiger partial charge on any atom is -0.289 e. The number of imide groups is 1. The fraction of sp³-hybridized carbons (Fsp3) is 0. The van der Waals surface area contributed by atoms with Gasteiger partial charge in [0.2, 0.25) is 0 Å². The summed E-state index contributed by atoms with van der Waals surface area (Å²) >= 11 is 2.58. The molecular weight excluding hydrogens is 386 g/mol. The van der Waals surface area contributed by atoms with Crippen LogP contribution in [-0.2, 0) is 15.6 Å². The number of carbonyl (C=O) groups excluding carboxylic acids is 2. The van der Waals surface area contributed by atoms with Crippen molar-refractivity contribution in [2.24, 2.45) is 0 Å². The van der Waals surface area contributed by atoms with Gasteiger partial charge < -0.3 is 0 Å². The average molecular weight is 393 g/mol. The van der Waals surface area contributed by atoms with Crippen LogP contribution >= 0.6 is 24.0 Å². The van der Waals surface area contributed by atoms with Crippen molar-refractivity contribution >= 4 is 67.3 Å². The standard InChI is InChI=1S/C15H7NO6S3/c17-12-8-3-2-7-11(15(19)16(14(7)18)22-25(20)21)13(8)24-10-4-1-6(23)5-9(10)12/h1-5,23H,(H,20,21). The summed E-state index contributed by atoms with van der Waals surface area (Å²) in [6.45, 7) is 0. The van der Waals surface area contributed by atoms with Crippen LogP contribution in [0.2, 0.25) is 0 Å². The number of thiol groups is 1. The zero-order valence-corrected chi connectivity index (χ0v) is 14.6. The fourth-order valence-corrected chi connectivity index (χ4v) is 4.39. The van der Waals surface area contributed by atoms with E-state index >= 15 is 0 Å². The number of rotatable bonds is 2. The number of nitrogens with zero attached hydrogens (tertiary/aromatic N) is 1. The van der Waals surface area contributed by atoms with E-state index in [9.17, 15) is 18.6 Å². The summed E-state index contributed by atoms with van der Waals surface area (Å²) < 4.78 is 25.0. The maximum absolute atomic E-state index is 12.7. The quantitative estimate of drug-likeness (QED) is 0.300. The second-order valence-electron chi connectivity index (χ2n) is 5.17. The Hall–Kier alpha value is -2.11. The first-order chi connectivity index (χ1) is 11.9. The minimum atomic E-state index is -2.83. The molecule has 0 bridgehead atoms. The molecule has 7 nitrogen and oxygen atoms in total. The van der Waals surface area contributed by atoms with Gasteiger partial charge in [-0.25, -0.2) is 0 Å². The second kappa shape index (κ2) is 5.71. The van der Waals surface area contributed by atoms with Gasteiger partial charge in [-0.3, -0.25) is 18.9 Å². The first-order valence-electron chi connectivity index (χ1n) is 6.79. The lowest BCUT2D eigenvalue weighted by Crippen LogP contribution is -2.30. The molecule has 126 valence electrons. The molecule has 25 heavy (non-hydrogen) atoms. The van der Waals surface area contributed by atoms with Gasteiger partial charge in [-0.2, -0.15) is 4.21 Å². The molecule has 0 saturated heterocycles. The van der Waals surface area contributed by atoms with Crippen LogP contribution in [0.25, 0.3) is 20.2 Å². The molecular formula is C15H7NO6S3. The van der Waals surface area contributed by atoms with E-state index in [0.717, 1.165) is 0 Å². The molecule has 0 saturated carbocycles. The van der Waals surface area contributed by atoms with E-state index in [1.54, 1.807) is 18.2 Å². The maximum atomic E-state index is 12.7. The molecule has 10 heteroatoms. The van der Waals surface area contributed by atoms with Crippen molar-refractivity contribution in [1.82, 2.24) is 5.06 Å². The zero-order valence-electron chi connectivity index (χ0n) is 12.1. The molecule has 0 fully saturated rings. The lowest BCUT2D eigenvalue weighted by molar-refractivity contribution is -0.0111. The van der Waals surface area contributed by atoms with Gasteiger partial charge in [0.05, 0.1) is 15.8 Å². The third kappa shape index (κ3) is 2.41. The lowest BCUT2D eigenvalue weighted by atomic mass is 10.1. The predicted octanol–water partition coefficient (Wildman–Crippen LogP) is 2.37. The number of fused-ring (bicyclic) bond motifs is 4. The topological polar surface area (TPSA) is 101 Å². The van der Waals surface area contributed by atoms with Crippen LogP contribution in [0.1, 0.15) is 20.7 Å². The Morgan fingerprint density at radius 1 is 1.08 bits per heavy atom. The highest BCUT2D eigenvalue weighted by atomic mass is 32.2. The summed E-state index contributed by atoms with van der Waals surface area (Å²) in [5.74, 6) is -1.73. The van der Waals surface area contributed by atoms with Crippen LogP contribution in [0.3, 0.4) is 0 Å². The first kappa shape index (κ1) is 16.4. The number of hydroxylamine groups is 2. The van der Waals surface area contributed by atoms with Gasteiger partial charge in [0.1, 0.15) is 0 Å². The molecule has 2 amide bonds. The molecule has 0 aliphatic carbocycles. The highest BCUT2D eigenvalue weighted by Gasteiger charge is 2.40. The summed E-state index contributed by atoms with van der Waals surface area (Å²) in [7, 11) is 0. The van der Waals surface area contributed by atoms with Crippen LogP contribution < -0.4 is 5.43 Å². The Bertz CT molecular complexity index is 1190. The number of amides is 2. The molecule has 0 radical (unpaired) electrons. The number of hydrogen-bond acceptors (Lipinski definition) is 7. The molecule has 1 aliphatic heterocycles. The molecule has 2 heterocycles. The Balaban J connectivity index is 2.06. The van der Waals surface area contributed by atoms with E-state index in [1.165, 1.54) is 23.5 Å². The minimum absolute atomic E-state index is 0.00750. The van der Waals surface area contributed by atoms with Gasteiger partial charge in [-0.1, -0.05) is 0 Å². The van der Waals surface area contributed by atoms with Crippen molar-refractivity contribution in [1.29, 1.82) is 0 Å². The summed E-state index contributed by atoms with van der Waals surface area (Å²) in [6, 6.07) is 7.87. The van der Waals surface area contributed by atoms with Crippen molar-refractivity contribution in [2.45, 2.75) is 4.90 Å². The van der Waals surface area contributed by atoms with Gasteiger partial charge in [0.25, 0.3) is 11.8 Å². The number of carbonyl (C=O) groups is 2. The molecule has 3 aromatic rings. The third-order valence-electron chi connectivity index (χ3n) is 3.77. The van der Waals surface area contributed by atoms with Gasteiger partial charge in [0, 0.05) is 20.4 Å². The van der Waals surface area contributed by atoms with Crippen molar-refractivity contribution in [3.05, 3.63) is 51.7 Å². The van der Waals surface area contributed by atoms with E-state index < -0.39 is 23.2 Å². The third-order valence-corrected chi connectivity index (χ3v) is 5.53. The Morgan fingerprint density at radius 3 is 2.56 bits per heavy atom. The maximum Gasteiger partial charge on any atom is 0.325 e. The highest BCUT2D eigenvalue weighted by molar-refractivity contribution is 7.80. The van der Waals surface area contributed by atoms with Crippen molar-refractivity contribution in [3.63, 3.8) is 0 Å². The van der Waals surface area contributed by atoms with Gasteiger partial charge >= 0.3 is 11.4 Å². The van der Waals surface area contributed by atoms with Gasteiger partial charge in [-0.15, -0.1) is 33.3 Å². The van der Waals surface area contributed by atoms with Crippen LogP contribution in [0.15, 0.2) is 40.0 Å². The molecule has 1 N–H and O–H groups in total. The predicted molar refractivity (Wildman–Crippen MR) is 95.2 cm³/mol. The van der Waals surface area contributed by atoms with E-state index in [0.29, 0.717) is 19.7 Å². The SMILES string of the molecule is O=C1c2ccc3c(=O)c4cc(S)ccc4sc3c2C(=O)N1OS(=O)O. The lowest BCUT2D eigenvalue weighted by Gasteiger charge is -2.08. The van der Waals surface area contributed by atoms with Gasteiger partial charge in [0.15, 0.2) is 5.43 Å². The molecule has 2 aromatic carbocycles. The summed E-state index contributed by atoms with van der Waals surface area (Å²) in [5, 5.41) is 0.980. The number of benzene rings is 2. The van der Waals surface area contributed by atoms with E-state index in [4.69, 9.17) is 4.55 Å². The van der Waals surface area contributed by atoms with Crippen molar-refractivity contribution in [2.75, 3.05) is 0 Å². The van der Waals surface area contributed by atoms with Crippen LogP contribution in [-0.4, -0.2) is 25.6 Å². The monoisotopic (exact) mass is 393 g/mol. The summed E-state index contributed by atoms with van der Waals surface area (Å²) in [4.78, 5) is 38.1. The molecule has 1 aromatic heterocycles. The molecule has 0 spiro atoms. The Morgan fingerprint density at radius 2 is 1.84 bits per heavy atom. The molecule has 1 aliphatic rings. The van der Waals surface area contributed by atoms with Crippen LogP contribution in [0, 0.1) is 0 Å². The molecule has 1 unspecified atom stereocenters. The Kier molecular flexibility index (Phi) is 3.74. The Labute approximate surface area is 151 Å². The molecule has 4 rings (SSSR count). The molecule has 1 atom stereocenters. The normalized spacial score (nSPS) is 15.2. The number of hydrogen-bond donors (Lipinski definition) is 2. The van der Waals surface area contributed by atoms with Crippen LogP contribution in [0.5, 0.6) is 0 Å². The average Bonchev–Trinajstić information content (AvgIpc) is 2.80. The van der Waals surface area contributed by atoms with E-state index in [1.807, 2.05) is 0 Å². The highest BCUT2D eigenvalue weighted by Crippen LogP contribution is 2.34. The smallest absolute Gasteiger partial charge is 0.289 e. The van der Waals surface area contributed by atoms with E-state index in [-0.39, 0.29) is 27.0 Å². The van der Waals surface area contributed by atoms with Crippen molar-refractivity contribution in [3.8, 4) is 0 Å². The second-order valence-corrected chi connectivity index (χ2v) is 7.32. The van der Waals surface area contributed by atoms with Crippen LogP contribution in [0.4, 0.5) is 0 Å². The van der Waals surface area contributed by atoms with Crippen molar-refractivity contribution < 1.29 is 22.6 Å².